The van der Waals surface area contributed by atoms with E-state index in [0.717, 1.165) is 0 Å². The fourth-order valence-electron chi connectivity index (χ4n) is 1.56. The first-order chi connectivity index (χ1) is 8.84. The van der Waals surface area contributed by atoms with Crippen LogP contribution in [0.15, 0.2) is 18.2 Å². The first-order valence-corrected chi connectivity index (χ1v) is 6.80. The van der Waals surface area contributed by atoms with Gasteiger partial charge in [-0.25, -0.2) is 4.39 Å². The number of rotatable bonds is 1. The SMILES string of the molecule is Nc1cc(-c2c(Cl)c(Cl)c(Cl)c(Cl)c2Cl)ccc1F. The highest BCUT2D eigenvalue weighted by Gasteiger charge is 2.20. The molecule has 0 aliphatic heterocycles. The molecule has 19 heavy (non-hydrogen) atoms. The topological polar surface area (TPSA) is 26.0 Å². The van der Waals surface area contributed by atoms with E-state index >= 15 is 0 Å². The Bertz CT molecular complexity index is 643. The van der Waals surface area contributed by atoms with Gasteiger partial charge in [-0.3, -0.25) is 0 Å². The lowest BCUT2D eigenvalue weighted by Gasteiger charge is -2.13. The third kappa shape index (κ3) is 2.61. The monoisotopic (exact) mass is 357 g/mol. The Kier molecular flexibility index (Phi) is 4.38. The Morgan fingerprint density at radius 1 is 0.789 bits per heavy atom. The molecule has 0 radical (unpaired) electrons. The lowest BCUT2D eigenvalue weighted by atomic mass is 10.0. The van der Waals surface area contributed by atoms with E-state index in [1.807, 2.05) is 0 Å². The highest BCUT2D eigenvalue weighted by Crippen LogP contribution is 2.48. The maximum atomic E-state index is 13.2. The van der Waals surface area contributed by atoms with Crippen LogP contribution in [0.1, 0.15) is 0 Å². The Morgan fingerprint density at radius 2 is 1.26 bits per heavy atom. The molecule has 0 aliphatic carbocycles. The number of hydrogen-bond acceptors (Lipinski definition) is 1. The normalized spacial score (nSPS) is 10.8. The van der Waals surface area contributed by atoms with Gasteiger partial charge >= 0.3 is 0 Å². The zero-order valence-corrected chi connectivity index (χ0v) is 12.9. The van der Waals surface area contributed by atoms with Crippen molar-refractivity contribution in [1.82, 2.24) is 0 Å². The molecular weight excluding hydrogens is 354 g/mol. The Hall–Kier alpha value is -0.380. The van der Waals surface area contributed by atoms with E-state index in [9.17, 15) is 4.39 Å². The molecule has 0 fully saturated rings. The Labute approximate surface area is 134 Å². The molecule has 7 heteroatoms. The fourth-order valence-corrected chi connectivity index (χ4v) is 2.91. The van der Waals surface area contributed by atoms with Crippen LogP contribution in [0.5, 0.6) is 0 Å². The highest BCUT2D eigenvalue weighted by atomic mass is 35.5. The maximum Gasteiger partial charge on any atom is 0.146 e. The van der Waals surface area contributed by atoms with Gasteiger partial charge in [-0.2, -0.15) is 0 Å². The average Bonchev–Trinajstić information content (AvgIpc) is 2.38. The van der Waals surface area contributed by atoms with Crippen molar-refractivity contribution in [3.05, 3.63) is 49.1 Å². The van der Waals surface area contributed by atoms with Crippen molar-refractivity contribution in [2.45, 2.75) is 0 Å². The zero-order valence-electron chi connectivity index (χ0n) is 9.08. The van der Waals surface area contributed by atoms with Crippen LogP contribution < -0.4 is 5.73 Å². The van der Waals surface area contributed by atoms with Gasteiger partial charge in [-0.15, -0.1) is 0 Å². The van der Waals surface area contributed by atoms with Crippen molar-refractivity contribution in [2.24, 2.45) is 0 Å². The van der Waals surface area contributed by atoms with Gasteiger partial charge in [0, 0.05) is 5.56 Å². The molecule has 2 rings (SSSR count). The van der Waals surface area contributed by atoms with Crippen molar-refractivity contribution in [2.75, 3.05) is 5.73 Å². The van der Waals surface area contributed by atoms with Crippen molar-refractivity contribution >= 4 is 63.7 Å². The molecule has 100 valence electrons. The zero-order chi connectivity index (χ0) is 14.3. The smallest absolute Gasteiger partial charge is 0.146 e. The van der Waals surface area contributed by atoms with Crippen molar-refractivity contribution in [1.29, 1.82) is 0 Å². The van der Waals surface area contributed by atoms with E-state index in [2.05, 4.69) is 0 Å². The third-order valence-electron chi connectivity index (χ3n) is 2.49. The predicted octanol–water partition coefficient (Wildman–Crippen LogP) is 6.34. The number of halogens is 6. The minimum absolute atomic E-state index is 0.0353. The highest BCUT2D eigenvalue weighted by molar-refractivity contribution is 6.56. The van der Waals surface area contributed by atoms with Crippen molar-refractivity contribution in [3.8, 4) is 11.1 Å². The fraction of sp³-hybridized carbons (Fsp3) is 0. The minimum Gasteiger partial charge on any atom is -0.396 e. The summed E-state index contributed by atoms with van der Waals surface area (Å²) in [4.78, 5) is 0. The van der Waals surface area contributed by atoms with Gasteiger partial charge in [-0.1, -0.05) is 64.1 Å². The van der Waals surface area contributed by atoms with E-state index < -0.39 is 5.82 Å². The Morgan fingerprint density at radius 3 is 1.74 bits per heavy atom. The maximum absolute atomic E-state index is 13.2. The molecule has 0 spiro atoms. The summed E-state index contributed by atoms with van der Waals surface area (Å²) in [6, 6.07) is 4.07. The van der Waals surface area contributed by atoms with E-state index in [1.54, 1.807) is 0 Å². The van der Waals surface area contributed by atoms with Crippen LogP contribution >= 0.6 is 58.0 Å². The number of hydrogen-bond donors (Lipinski definition) is 1. The van der Waals surface area contributed by atoms with Crippen LogP contribution in [0.25, 0.3) is 11.1 Å². The molecule has 0 atom stereocenters. The largest absolute Gasteiger partial charge is 0.396 e. The van der Waals surface area contributed by atoms with E-state index in [1.165, 1.54) is 18.2 Å². The third-order valence-corrected chi connectivity index (χ3v) is 4.77. The van der Waals surface area contributed by atoms with Gasteiger partial charge in [0.2, 0.25) is 0 Å². The van der Waals surface area contributed by atoms with Crippen LogP contribution in [0.4, 0.5) is 10.1 Å². The lowest BCUT2D eigenvalue weighted by molar-refractivity contribution is 0.632. The lowest BCUT2D eigenvalue weighted by Crippen LogP contribution is -1.92. The first kappa shape index (κ1) is 15.0. The summed E-state index contributed by atoms with van der Waals surface area (Å²) in [5.74, 6) is -0.540. The Balaban J connectivity index is 2.79. The van der Waals surface area contributed by atoms with Crippen LogP contribution in [-0.4, -0.2) is 0 Å². The summed E-state index contributed by atoms with van der Waals surface area (Å²) in [5, 5.41) is 0.488. The number of anilines is 1. The van der Waals surface area contributed by atoms with E-state index in [4.69, 9.17) is 63.7 Å². The number of benzene rings is 2. The van der Waals surface area contributed by atoms with Crippen LogP contribution in [-0.2, 0) is 0 Å². The summed E-state index contributed by atoms with van der Waals surface area (Å²) < 4.78 is 13.2. The second kappa shape index (κ2) is 5.55. The predicted molar refractivity (Wildman–Crippen MR) is 81.3 cm³/mol. The molecule has 0 unspecified atom stereocenters. The van der Waals surface area contributed by atoms with Crippen molar-refractivity contribution in [3.63, 3.8) is 0 Å². The molecule has 0 amide bonds. The van der Waals surface area contributed by atoms with Gasteiger partial charge in [0.15, 0.2) is 0 Å². The minimum atomic E-state index is -0.540. The van der Waals surface area contributed by atoms with E-state index in [-0.39, 0.29) is 30.8 Å². The molecule has 0 heterocycles. The molecule has 0 aliphatic rings. The quantitative estimate of drug-likeness (QED) is 0.359. The molecule has 0 saturated carbocycles. The van der Waals surface area contributed by atoms with Crippen LogP contribution in [0, 0.1) is 5.82 Å². The van der Waals surface area contributed by atoms with Gasteiger partial charge in [-0.05, 0) is 17.7 Å². The molecule has 0 bridgehead atoms. The summed E-state index contributed by atoms with van der Waals surface area (Å²) in [6.07, 6.45) is 0. The van der Waals surface area contributed by atoms with Gasteiger partial charge in [0.25, 0.3) is 0 Å². The van der Waals surface area contributed by atoms with Crippen LogP contribution in [0.2, 0.25) is 25.1 Å². The molecule has 2 aromatic carbocycles. The number of nitrogens with two attached hydrogens (primary N) is 1. The van der Waals surface area contributed by atoms with Gasteiger partial charge in [0.05, 0.1) is 30.8 Å². The molecule has 2 aromatic rings. The summed E-state index contributed by atoms with van der Waals surface area (Å²) in [6.45, 7) is 0. The molecule has 0 saturated heterocycles. The van der Waals surface area contributed by atoms with Gasteiger partial charge < -0.3 is 5.73 Å². The van der Waals surface area contributed by atoms with Crippen LogP contribution in [0.3, 0.4) is 0 Å². The first-order valence-electron chi connectivity index (χ1n) is 4.91. The molecule has 2 N–H and O–H groups in total. The average molecular weight is 359 g/mol. The number of nitrogen functional groups attached to an aromatic ring is 1. The standard InChI is InChI=1S/C12H5Cl5FN/c13-8-7(4-1-2-5(18)6(19)3-4)9(14)11(16)12(17)10(8)15/h1-3H,19H2. The van der Waals surface area contributed by atoms with Gasteiger partial charge in [0.1, 0.15) is 5.82 Å². The van der Waals surface area contributed by atoms with E-state index in [0.29, 0.717) is 11.1 Å². The summed E-state index contributed by atoms with van der Waals surface area (Å²) >= 11 is 30.0. The summed E-state index contributed by atoms with van der Waals surface area (Å²) in [5.41, 5.74) is 6.33. The second-order valence-electron chi connectivity index (χ2n) is 3.68. The van der Waals surface area contributed by atoms with Crippen molar-refractivity contribution < 1.29 is 4.39 Å². The summed E-state index contributed by atoms with van der Waals surface area (Å²) in [7, 11) is 0. The second-order valence-corrected chi connectivity index (χ2v) is 5.57. The molecule has 1 nitrogen and oxygen atoms in total. The molecule has 0 aromatic heterocycles. The molecular formula is C12H5Cl5FN.